The van der Waals surface area contributed by atoms with Crippen LogP contribution >= 0.6 is 0 Å². The molecule has 4 heteroatoms. The molecule has 1 atom stereocenters. The molecular weight excluding hydrogens is 288 g/mol. The van der Waals surface area contributed by atoms with Crippen LogP contribution in [0.2, 0.25) is 0 Å². The predicted molar refractivity (Wildman–Crippen MR) is 90.8 cm³/mol. The summed E-state index contributed by atoms with van der Waals surface area (Å²) < 4.78 is 5.21. The van der Waals surface area contributed by atoms with Crippen LogP contribution in [0.15, 0.2) is 48.5 Å². The Morgan fingerprint density at radius 3 is 2.91 bits per heavy atom. The van der Waals surface area contributed by atoms with E-state index >= 15 is 0 Å². The predicted octanol–water partition coefficient (Wildman–Crippen LogP) is 2.70. The summed E-state index contributed by atoms with van der Waals surface area (Å²) in [6.07, 6.45) is 1.08. The average Bonchev–Trinajstić information content (AvgIpc) is 3.14. The molecule has 2 aromatic rings. The third-order valence-electron chi connectivity index (χ3n) is 4.29. The largest absolute Gasteiger partial charge is 0.497 e. The minimum Gasteiger partial charge on any atom is -0.497 e. The van der Waals surface area contributed by atoms with Crippen LogP contribution < -0.4 is 15.4 Å². The molecule has 3 rings (SSSR count). The first kappa shape index (κ1) is 15.6. The molecule has 23 heavy (non-hydrogen) atoms. The van der Waals surface area contributed by atoms with Gasteiger partial charge in [0.1, 0.15) is 5.75 Å². The van der Waals surface area contributed by atoms with Crippen molar-refractivity contribution in [1.29, 1.82) is 0 Å². The topological polar surface area (TPSA) is 50.4 Å². The summed E-state index contributed by atoms with van der Waals surface area (Å²) in [6, 6.07) is 15.7. The van der Waals surface area contributed by atoms with Crippen LogP contribution in [0.5, 0.6) is 5.75 Å². The molecule has 1 amide bonds. The Hall–Kier alpha value is -2.33. The quantitative estimate of drug-likeness (QED) is 0.893. The second-order valence-electron chi connectivity index (χ2n) is 5.81. The molecule has 4 nitrogen and oxygen atoms in total. The highest BCUT2D eigenvalue weighted by Crippen LogP contribution is 2.25. The Labute approximate surface area is 136 Å². The van der Waals surface area contributed by atoms with E-state index in [1.54, 1.807) is 7.11 Å². The van der Waals surface area contributed by atoms with Gasteiger partial charge in [0.25, 0.3) is 5.91 Å². The minimum atomic E-state index is -0.0182. The van der Waals surface area contributed by atoms with E-state index in [1.165, 1.54) is 0 Å². The first-order valence-electron chi connectivity index (χ1n) is 7.98. The average molecular weight is 310 g/mol. The molecule has 0 aromatic heterocycles. The molecule has 1 heterocycles. The van der Waals surface area contributed by atoms with Gasteiger partial charge in [-0.15, -0.1) is 0 Å². The molecule has 0 aliphatic carbocycles. The van der Waals surface area contributed by atoms with Crippen LogP contribution in [0.25, 0.3) is 0 Å². The maximum Gasteiger partial charge on any atom is 0.251 e. The van der Waals surface area contributed by atoms with E-state index in [0.29, 0.717) is 12.5 Å². The highest BCUT2D eigenvalue weighted by Gasteiger charge is 2.21. The molecule has 1 aliphatic rings. The van der Waals surface area contributed by atoms with E-state index in [-0.39, 0.29) is 5.91 Å². The van der Waals surface area contributed by atoms with Crippen molar-refractivity contribution in [2.75, 3.05) is 20.2 Å². The van der Waals surface area contributed by atoms with Crippen LogP contribution in [-0.2, 0) is 6.54 Å². The molecule has 1 fully saturated rings. The van der Waals surface area contributed by atoms with Crippen LogP contribution in [0.3, 0.4) is 0 Å². The van der Waals surface area contributed by atoms with Gasteiger partial charge in [0.05, 0.1) is 7.11 Å². The van der Waals surface area contributed by atoms with Crippen LogP contribution in [-0.4, -0.2) is 26.1 Å². The lowest BCUT2D eigenvalue weighted by Crippen LogP contribution is -2.24. The van der Waals surface area contributed by atoms with Crippen molar-refractivity contribution in [1.82, 2.24) is 10.6 Å². The lowest BCUT2D eigenvalue weighted by Gasteiger charge is -2.15. The lowest BCUT2D eigenvalue weighted by atomic mass is 9.93. The van der Waals surface area contributed by atoms with Crippen LogP contribution in [0.1, 0.15) is 33.8 Å². The molecule has 0 spiro atoms. The minimum absolute atomic E-state index is 0.0182. The molecule has 1 aliphatic heterocycles. The molecule has 0 saturated carbocycles. The van der Waals surface area contributed by atoms with Crippen LogP contribution in [0.4, 0.5) is 0 Å². The van der Waals surface area contributed by atoms with Gasteiger partial charge in [0.15, 0.2) is 0 Å². The second-order valence-corrected chi connectivity index (χ2v) is 5.81. The summed E-state index contributed by atoms with van der Waals surface area (Å²) in [6.45, 7) is 2.46. The number of methoxy groups -OCH3 is 1. The van der Waals surface area contributed by atoms with Gasteiger partial charge in [-0.2, -0.15) is 0 Å². The van der Waals surface area contributed by atoms with Crippen molar-refractivity contribution >= 4 is 5.91 Å². The first-order chi connectivity index (χ1) is 11.3. The molecule has 0 bridgehead atoms. The van der Waals surface area contributed by atoms with Crippen molar-refractivity contribution in [2.24, 2.45) is 0 Å². The molecular formula is C19H22N2O2. The summed E-state index contributed by atoms with van der Waals surface area (Å²) in [4.78, 5) is 12.6. The Kier molecular flexibility index (Phi) is 4.93. The summed E-state index contributed by atoms with van der Waals surface area (Å²) in [7, 11) is 1.64. The van der Waals surface area contributed by atoms with Crippen molar-refractivity contribution in [3.63, 3.8) is 0 Å². The zero-order valence-corrected chi connectivity index (χ0v) is 13.3. The second kappa shape index (κ2) is 7.29. The number of benzene rings is 2. The Morgan fingerprint density at radius 1 is 1.26 bits per heavy atom. The summed E-state index contributed by atoms with van der Waals surface area (Å²) in [5, 5.41) is 6.38. The summed E-state index contributed by atoms with van der Waals surface area (Å²) >= 11 is 0. The SMILES string of the molecule is COc1cccc(CNC(=O)c2ccccc2C2CCNC2)c1. The van der Waals surface area contributed by atoms with Crippen molar-refractivity contribution in [3.8, 4) is 5.75 Å². The van der Waals surface area contributed by atoms with Gasteiger partial charge in [0, 0.05) is 18.7 Å². The first-order valence-corrected chi connectivity index (χ1v) is 7.98. The van der Waals surface area contributed by atoms with E-state index in [2.05, 4.69) is 16.7 Å². The highest BCUT2D eigenvalue weighted by molar-refractivity contribution is 5.95. The monoisotopic (exact) mass is 310 g/mol. The number of carbonyl (C=O) groups excluding carboxylic acids is 1. The number of hydrogen-bond acceptors (Lipinski definition) is 3. The maximum absolute atomic E-state index is 12.6. The normalized spacial score (nSPS) is 17.0. The number of carbonyl (C=O) groups is 1. The number of rotatable bonds is 5. The Bertz CT molecular complexity index is 679. The van der Waals surface area contributed by atoms with Gasteiger partial charge in [-0.05, 0) is 48.2 Å². The smallest absolute Gasteiger partial charge is 0.251 e. The molecule has 120 valence electrons. The molecule has 2 aromatic carbocycles. The van der Waals surface area contributed by atoms with Crippen molar-refractivity contribution in [3.05, 3.63) is 65.2 Å². The van der Waals surface area contributed by atoms with E-state index in [4.69, 9.17) is 4.74 Å². The number of hydrogen-bond donors (Lipinski definition) is 2. The van der Waals surface area contributed by atoms with E-state index < -0.39 is 0 Å². The summed E-state index contributed by atoms with van der Waals surface area (Å²) in [5.41, 5.74) is 2.95. The Morgan fingerprint density at radius 2 is 2.13 bits per heavy atom. The van der Waals surface area contributed by atoms with Crippen molar-refractivity contribution < 1.29 is 9.53 Å². The third-order valence-corrected chi connectivity index (χ3v) is 4.29. The lowest BCUT2D eigenvalue weighted by molar-refractivity contribution is 0.0949. The van der Waals surface area contributed by atoms with Crippen molar-refractivity contribution in [2.45, 2.75) is 18.9 Å². The van der Waals surface area contributed by atoms with Crippen LogP contribution in [0, 0.1) is 0 Å². The Balaban J connectivity index is 1.70. The van der Waals surface area contributed by atoms with Gasteiger partial charge < -0.3 is 15.4 Å². The van der Waals surface area contributed by atoms with E-state index in [0.717, 1.165) is 42.0 Å². The maximum atomic E-state index is 12.6. The fourth-order valence-corrected chi connectivity index (χ4v) is 3.04. The molecule has 1 saturated heterocycles. The van der Waals surface area contributed by atoms with Gasteiger partial charge in [0.2, 0.25) is 0 Å². The third kappa shape index (κ3) is 3.71. The fraction of sp³-hybridized carbons (Fsp3) is 0.316. The molecule has 0 radical (unpaired) electrons. The van der Waals surface area contributed by atoms with E-state index in [1.807, 2.05) is 42.5 Å². The van der Waals surface area contributed by atoms with E-state index in [9.17, 15) is 4.79 Å². The van der Waals surface area contributed by atoms with Gasteiger partial charge >= 0.3 is 0 Å². The fourth-order valence-electron chi connectivity index (χ4n) is 3.04. The van der Waals surface area contributed by atoms with Gasteiger partial charge in [-0.1, -0.05) is 30.3 Å². The molecule has 2 N–H and O–H groups in total. The zero-order valence-electron chi connectivity index (χ0n) is 13.3. The number of ether oxygens (including phenoxy) is 1. The van der Waals surface area contributed by atoms with Gasteiger partial charge in [-0.25, -0.2) is 0 Å². The summed E-state index contributed by atoms with van der Waals surface area (Å²) in [5.74, 6) is 1.21. The number of amides is 1. The zero-order chi connectivity index (χ0) is 16.1. The standard InChI is InChI=1S/C19H22N2O2/c1-23-16-6-4-5-14(11-16)12-21-19(22)18-8-3-2-7-17(18)15-9-10-20-13-15/h2-8,11,15,20H,9-10,12-13H2,1H3,(H,21,22). The molecule has 1 unspecified atom stereocenters. The number of nitrogens with one attached hydrogen (secondary N) is 2. The van der Waals surface area contributed by atoms with Gasteiger partial charge in [-0.3, -0.25) is 4.79 Å². The highest BCUT2D eigenvalue weighted by atomic mass is 16.5.